The van der Waals surface area contributed by atoms with E-state index in [1.807, 2.05) is 0 Å². The van der Waals surface area contributed by atoms with Gasteiger partial charge in [0, 0.05) is 13.2 Å². The van der Waals surface area contributed by atoms with E-state index in [1.165, 1.54) is 0 Å². The highest BCUT2D eigenvalue weighted by Crippen LogP contribution is 2.19. The lowest BCUT2D eigenvalue weighted by atomic mass is 10.6. The number of halogens is 1. The van der Waals surface area contributed by atoms with Crippen LogP contribution in [0.4, 0.5) is 5.82 Å². The van der Waals surface area contributed by atoms with Crippen molar-refractivity contribution in [2.24, 2.45) is 7.05 Å². The van der Waals surface area contributed by atoms with Crippen molar-refractivity contribution < 1.29 is 4.92 Å². The fourth-order valence-corrected chi connectivity index (χ4v) is 1.64. The van der Waals surface area contributed by atoms with Gasteiger partial charge >= 0.3 is 5.82 Å². The fourth-order valence-electron chi connectivity index (χ4n) is 1.17. The van der Waals surface area contributed by atoms with Gasteiger partial charge in [0.25, 0.3) is 5.82 Å². The second-order valence-corrected chi connectivity index (χ2v) is 3.68. The summed E-state index contributed by atoms with van der Waals surface area (Å²) in [5.41, 5.74) is 0. The first-order valence-corrected chi connectivity index (χ1v) is 4.76. The van der Waals surface area contributed by atoms with Crippen molar-refractivity contribution in [3.63, 3.8) is 0 Å². The average Bonchev–Trinajstić information content (AvgIpc) is 2.71. The fraction of sp³-hybridized carbons (Fsp3) is 0.143. The number of nitrogens with zero attached hydrogens (tertiary/aromatic N) is 4. The molecule has 0 aromatic carbocycles. The maximum atomic E-state index is 10.4. The molecule has 2 rings (SSSR count). The van der Waals surface area contributed by atoms with Crippen LogP contribution in [0.2, 0.25) is 0 Å². The summed E-state index contributed by atoms with van der Waals surface area (Å²) in [5.74, 6) is 0.758. The maximum Gasteiger partial charge on any atom is 0.341 e. The van der Waals surface area contributed by atoms with Crippen LogP contribution in [0.15, 0.2) is 17.0 Å². The molecular weight excluding hydrogens is 266 g/mol. The first-order chi connectivity index (χ1) is 7.08. The molecule has 0 aliphatic rings. The van der Waals surface area contributed by atoms with Gasteiger partial charge < -0.3 is 14.7 Å². The molecule has 0 bridgehead atoms. The molecule has 0 saturated carbocycles. The van der Waals surface area contributed by atoms with Crippen molar-refractivity contribution in [2.75, 3.05) is 0 Å². The smallest absolute Gasteiger partial charge is 0.341 e. The molecule has 2 aromatic heterocycles. The van der Waals surface area contributed by atoms with E-state index in [0.29, 0.717) is 16.3 Å². The topological polar surface area (TPSA) is 89.6 Å². The van der Waals surface area contributed by atoms with Gasteiger partial charge in [0.05, 0.1) is 0 Å². The number of aromatic amines is 1. The van der Waals surface area contributed by atoms with Crippen molar-refractivity contribution in [1.29, 1.82) is 0 Å². The third-order valence-electron chi connectivity index (χ3n) is 1.82. The van der Waals surface area contributed by atoms with Gasteiger partial charge in [0.15, 0.2) is 0 Å². The zero-order valence-electron chi connectivity index (χ0n) is 7.64. The monoisotopic (exact) mass is 271 g/mol. The Labute approximate surface area is 92.4 Å². The van der Waals surface area contributed by atoms with Crippen LogP contribution in [0.25, 0.3) is 11.6 Å². The predicted octanol–water partition coefficient (Wildman–Crippen LogP) is 1.48. The summed E-state index contributed by atoms with van der Waals surface area (Å²) < 4.78 is 2.37. The van der Waals surface area contributed by atoms with E-state index >= 15 is 0 Å². The molecule has 0 saturated heterocycles. The number of hydrogen-bond donors (Lipinski definition) is 1. The van der Waals surface area contributed by atoms with E-state index < -0.39 is 4.92 Å². The first kappa shape index (κ1) is 9.84. The second kappa shape index (κ2) is 3.46. The van der Waals surface area contributed by atoms with E-state index in [9.17, 15) is 10.1 Å². The lowest BCUT2D eigenvalue weighted by molar-refractivity contribution is -0.389. The summed E-state index contributed by atoms with van der Waals surface area (Å²) in [6.45, 7) is 0. The predicted molar refractivity (Wildman–Crippen MR) is 55.1 cm³/mol. The van der Waals surface area contributed by atoms with Gasteiger partial charge in [-0.15, -0.1) is 0 Å². The molecule has 0 unspecified atom stereocenters. The standard InChI is InChI=1S/C7H6BrN5O2/c1-12-3-4(8)10-7(12)6-9-2-5(11-6)13(14)15/h2-3H,1H3,(H,9,11). The van der Waals surface area contributed by atoms with Crippen LogP contribution in [-0.2, 0) is 7.05 Å². The minimum Gasteiger partial charge on any atom is -0.358 e. The number of imidazole rings is 2. The molecule has 8 heteroatoms. The molecule has 0 aliphatic heterocycles. The van der Waals surface area contributed by atoms with E-state index in [4.69, 9.17) is 0 Å². The zero-order chi connectivity index (χ0) is 11.0. The summed E-state index contributed by atoms with van der Waals surface area (Å²) in [4.78, 5) is 20.5. The minimum atomic E-state index is -0.533. The maximum absolute atomic E-state index is 10.4. The van der Waals surface area contributed by atoms with Crippen LogP contribution >= 0.6 is 15.9 Å². The Morgan fingerprint density at radius 2 is 2.40 bits per heavy atom. The van der Waals surface area contributed by atoms with Crippen LogP contribution in [0.3, 0.4) is 0 Å². The minimum absolute atomic E-state index is 0.149. The number of nitro groups is 1. The first-order valence-electron chi connectivity index (χ1n) is 3.96. The number of nitrogens with one attached hydrogen (secondary N) is 1. The molecule has 2 aromatic rings. The van der Waals surface area contributed by atoms with Crippen molar-refractivity contribution >= 4 is 21.7 Å². The summed E-state index contributed by atoms with van der Waals surface area (Å²) in [7, 11) is 1.78. The van der Waals surface area contributed by atoms with E-state index in [2.05, 4.69) is 30.9 Å². The summed E-state index contributed by atoms with van der Waals surface area (Å²) in [5, 5.41) is 10.4. The molecule has 0 amide bonds. The summed E-state index contributed by atoms with van der Waals surface area (Å²) in [6, 6.07) is 0. The Kier molecular flexibility index (Phi) is 2.27. The average molecular weight is 272 g/mol. The third-order valence-corrected chi connectivity index (χ3v) is 2.20. The molecule has 0 fully saturated rings. The molecule has 78 valence electrons. The number of hydrogen-bond acceptors (Lipinski definition) is 4. The Hall–Kier alpha value is -1.70. The second-order valence-electron chi connectivity index (χ2n) is 2.87. The molecule has 0 aliphatic carbocycles. The van der Waals surface area contributed by atoms with Gasteiger partial charge in [0.1, 0.15) is 10.8 Å². The Morgan fingerprint density at radius 3 is 2.87 bits per heavy atom. The van der Waals surface area contributed by atoms with Gasteiger partial charge in [-0.25, -0.2) is 15.0 Å². The number of aryl methyl sites for hydroxylation is 1. The van der Waals surface area contributed by atoms with Gasteiger partial charge in [-0.05, 0) is 20.9 Å². The zero-order valence-corrected chi connectivity index (χ0v) is 9.22. The summed E-state index contributed by atoms with van der Waals surface area (Å²) >= 11 is 3.21. The molecule has 0 radical (unpaired) electrons. The van der Waals surface area contributed by atoms with Crippen molar-refractivity contribution in [3.8, 4) is 11.6 Å². The van der Waals surface area contributed by atoms with E-state index in [0.717, 1.165) is 6.20 Å². The molecular formula is C7H6BrN5O2. The number of rotatable bonds is 2. The van der Waals surface area contributed by atoms with Crippen LogP contribution < -0.4 is 0 Å². The lowest BCUT2D eigenvalue weighted by Gasteiger charge is -1.92. The lowest BCUT2D eigenvalue weighted by Crippen LogP contribution is -1.93. The van der Waals surface area contributed by atoms with Gasteiger partial charge in [-0.1, -0.05) is 0 Å². The molecule has 2 heterocycles. The normalized spacial score (nSPS) is 10.5. The quantitative estimate of drug-likeness (QED) is 0.662. The van der Waals surface area contributed by atoms with Gasteiger partial charge in [-0.3, -0.25) is 0 Å². The molecule has 7 nitrogen and oxygen atoms in total. The molecule has 1 N–H and O–H groups in total. The van der Waals surface area contributed by atoms with E-state index in [-0.39, 0.29) is 5.82 Å². The van der Waals surface area contributed by atoms with Gasteiger partial charge in [-0.2, -0.15) is 0 Å². The number of aromatic nitrogens is 4. The van der Waals surface area contributed by atoms with Crippen molar-refractivity contribution in [3.05, 3.63) is 27.1 Å². The van der Waals surface area contributed by atoms with E-state index in [1.54, 1.807) is 17.8 Å². The van der Waals surface area contributed by atoms with Crippen LogP contribution in [-0.4, -0.2) is 24.4 Å². The Morgan fingerprint density at radius 1 is 1.67 bits per heavy atom. The molecule has 15 heavy (non-hydrogen) atoms. The van der Waals surface area contributed by atoms with Crippen LogP contribution in [0, 0.1) is 10.1 Å². The SMILES string of the molecule is Cn1cc(Br)nc1-c1ncc([N+](=O)[O-])[nH]1. The molecule has 0 atom stereocenters. The highest BCUT2D eigenvalue weighted by atomic mass is 79.9. The molecule has 0 spiro atoms. The Bertz CT molecular complexity index is 517. The largest absolute Gasteiger partial charge is 0.358 e. The highest BCUT2D eigenvalue weighted by Gasteiger charge is 2.16. The number of H-pyrrole nitrogens is 1. The van der Waals surface area contributed by atoms with Gasteiger partial charge in [0.2, 0.25) is 5.82 Å². The van der Waals surface area contributed by atoms with Crippen molar-refractivity contribution in [1.82, 2.24) is 19.5 Å². The highest BCUT2D eigenvalue weighted by molar-refractivity contribution is 9.10. The van der Waals surface area contributed by atoms with Crippen LogP contribution in [0.1, 0.15) is 0 Å². The van der Waals surface area contributed by atoms with Crippen molar-refractivity contribution in [2.45, 2.75) is 0 Å². The Balaban J connectivity index is 2.45. The summed E-state index contributed by atoms with van der Waals surface area (Å²) in [6.07, 6.45) is 2.90. The third kappa shape index (κ3) is 1.75. The van der Waals surface area contributed by atoms with Crippen LogP contribution in [0.5, 0.6) is 0 Å².